The van der Waals surface area contributed by atoms with E-state index in [1.54, 1.807) is 0 Å². The van der Waals surface area contributed by atoms with E-state index < -0.39 is 12.5 Å². The number of aromatic nitrogens is 3. The van der Waals surface area contributed by atoms with Crippen molar-refractivity contribution in [3.8, 4) is 17.4 Å². The quantitative estimate of drug-likeness (QED) is 0.365. The zero-order valence-electron chi connectivity index (χ0n) is 17.7. The SMILES string of the molecule is O=C(Oc1ncn(-c2ccc(OC(F)(F)F)cc2)n1)N(Cc1ccccc1)Cc1ccccc1. The van der Waals surface area contributed by atoms with Crippen molar-refractivity contribution in [2.75, 3.05) is 0 Å². The molecule has 0 N–H and O–H groups in total. The molecule has 0 aliphatic rings. The van der Waals surface area contributed by atoms with Gasteiger partial charge in [0.15, 0.2) is 0 Å². The molecule has 0 fully saturated rings. The smallest absolute Gasteiger partial charge is 0.406 e. The number of carbonyl (C=O) groups is 1. The Labute approximate surface area is 193 Å². The van der Waals surface area contributed by atoms with Crippen LogP contribution < -0.4 is 9.47 Å². The zero-order valence-corrected chi connectivity index (χ0v) is 17.7. The standard InChI is InChI=1S/C24H19F3N4O3/c25-24(26,27)34-21-13-11-20(12-14-21)31-17-28-22(29-31)33-23(32)30(15-18-7-3-1-4-8-18)16-19-9-5-2-6-10-19/h1-14,17H,15-16H2. The van der Waals surface area contributed by atoms with E-state index in [2.05, 4.69) is 14.8 Å². The van der Waals surface area contributed by atoms with Gasteiger partial charge in [0.25, 0.3) is 0 Å². The van der Waals surface area contributed by atoms with Gasteiger partial charge >= 0.3 is 18.5 Å². The number of rotatable bonds is 7. The molecule has 1 amide bonds. The Hall–Kier alpha value is -4.34. The van der Waals surface area contributed by atoms with Crippen LogP contribution in [0.5, 0.6) is 11.8 Å². The van der Waals surface area contributed by atoms with Gasteiger partial charge < -0.3 is 9.47 Å². The summed E-state index contributed by atoms with van der Waals surface area (Å²) >= 11 is 0. The molecular formula is C24H19F3N4O3. The minimum atomic E-state index is -4.78. The third-order valence-electron chi connectivity index (χ3n) is 4.67. The summed E-state index contributed by atoms with van der Waals surface area (Å²) in [6, 6.07) is 23.8. The van der Waals surface area contributed by atoms with Crippen LogP contribution in [0.3, 0.4) is 0 Å². The molecule has 1 aromatic heterocycles. The molecule has 1 heterocycles. The molecule has 4 aromatic rings. The number of amides is 1. The molecule has 4 rings (SSSR count). The van der Waals surface area contributed by atoms with Gasteiger partial charge in [-0.3, -0.25) is 4.90 Å². The van der Waals surface area contributed by atoms with E-state index in [-0.39, 0.29) is 11.8 Å². The van der Waals surface area contributed by atoms with Crippen molar-refractivity contribution in [1.82, 2.24) is 19.7 Å². The number of nitrogens with zero attached hydrogens (tertiary/aromatic N) is 4. The van der Waals surface area contributed by atoms with Gasteiger partial charge in [0.05, 0.1) is 5.69 Å². The van der Waals surface area contributed by atoms with Gasteiger partial charge in [0.2, 0.25) is 0 Å². The van der Waals surface area contributed by atoms with E-state index in [4.69, 9.17) is 4.74 Å². The molecule has 0 saturated carbocycles. The Morgan fingerprint density at radius 1 is 0.853 bits per heavy atom. The Morgan fingerprint density at radius 3 is 1.94 bits per heavy atom. The molecule has 0 unspecified atom stereocenters. The average Bonchev–Trinajstić information content (AvgIpc) is 3.28. The molecule has 0 bridgehead atoms. The van der Waals surface area contributed by atoms with Gasteiger partial charge in [0, 0.05) is 13.1 Å². The molecule has 0 radical (unpaired) electrons. The first-order valence-electron chi connectivity index (χ1n) is 10.2. The predicted octanol–water partition coefficient (Wildman–Crippen LogP) is 5.37. The largest absolute Gasteiger partial charge is 0.573 e. The van der Waals surface area contributed by atoms with Crippen molar-refractivity contribution in [3.63, 3.8) is 0 Å². The summed E-state index contributed by atoms with van der Waals surface area (Å²) in [4.78, 5) is 18.4. The Kier molecular flexibility index (Phi) is 6.77. The van der Waals surface area contributed by atoms with Crippen LogP contribution in [0.25, 0.3) is 5.69 Å². The van der Waals surface area contributed by atoms with Crippen molar-refractivity contribution in [3.05, 3.63) is 102 Å². The lowest BCUT2D eigenvalue weighted by atomic mass is 10.2. The molecule has 174 valence electrons. The second kappa shape index (κ2) is 10.1. The second-order valence-electron chi connectivity index (χ2n) is 7.21. The highest BCUT2D eigenvalue weighted by atomic mass is 19.4. The first-order valence-corrected chi connectivity index (χ1v) is 10.2. The molecule has 10 heteroatoms. The lowest BCUT2D eigenvalue weighted by Gasteiger charge is -2.21. The van der Waals surface area contributed by atoms with Crippen molar-refractivity contribution in [2.24, 2.45) is 0 Å². The highest BCUT2D eigenvalue weighted by Crippen LogP contribution is 2.23. The van der Waals surface area contributed by atoms with Gasteiger partial charge in [-0.15, -0.1) is 18.3 Å². The topological polar surface area (TPSA) is 69.5 Å². The Balaban J connectivity index is 1.46. The van der Waals surface area contributed by atoms with E-state index in [0.29, 0.717) is 18.8 Å². The molecular weight excluding hydrogens is 449 g/mol. The fourth-order valence-corrected chi connectivity index (χ4v) is 3.15. The van der Waals surface area contributed by atoms with Crippen LogP contribution in [-0.2, 0) is 13.1 Å². The van der Waals surface area contributed by atoms with Gasteiger partial charge in [-0.2, -0.15) is 4.98 Å². The third kappa shape index (κ3) is 6.35. The van der Waals surface area contributed by atoms with Gasteiger partial charge in [-0.25, -0.2) is 9.48 Å². The van der Waals surface area contributed by atoms with Crippen molar-refractivity contribution < 1.29 is 27.4 Å². The fraction of sp³-hybridized carbons (Fsp3) is 0.125. The third-order valence-corrected chi connectivity index (χ3v) is 4.67. The fourth-order valence-electron chi connectivity index (χ4n) is 3.15. The maximum absolute atomic E-state index is 12.9. The van der Waals surface area contributed by atoms with Gasteiger partial charge in [-0.05, 0) is 35.4 Å². The summed E-state index contributed by atoms with van der Waals surface area (Å²) in [6.45, 7) is 0.631. The zero-order chi connectivity index (χ0) is 24.0. The molecule has 0 spiro atoms. The van der Waals surface area contributed by atoms with Crippen LogP contribution >= 0.6 is 0 Å². The van der Waals surface area contributed by atoms with E-state index in [1.165, 1.54) is 28.0 Å². The van der Waals surface area contributed by atoms with Crippen LogP contribution in [0, 0.1) is 0 Å². The molecule has 0 aliphatic carbocycles. The lowest BCUT2D eigenvalue weighted by molar-refractivity contribution is -0.274. The number of halogens is 3. The number of benzene rings is 3. The highest BCUT2D eigenvalue weighted by molar-refractivity contribution is 5.69. The maximum Gasteiger partial charge on any atom is 0.573 e. The summed E-state index contributed by atoms with van der Waals surface area (Å²) in [5.74, 6) is -0.361. The molecule has 3 aromatic carbocycles. The highest BCUT2D eigenvalue weighted by Gasteiger charge is 2.31. The van der Waals surface area contributed by atoms with Crippen LogP contribution in [0.2, 0.25) is 0 Å². The number of hydrogen-bond donors (Lipinski definition) is 0. The number of carbonyl (C=O) groups excluding carboxylic acids is 1. The van der Waals surface area contributed by atoms with Crippen LogP contribution in [0.4, 0.5) is 18.0 Å². The van der Waals surface area contributed by atoms with Crippen molar-refractivity contribution >= 4 is 6.09 Å². The second-order valence-corrected chi connectivity index (χ2v) is 7.21. The minimum absolute atomic E-state index is 0.188. The Morgan fingerprint density at radius 2 is 1.41 bits per heavy atom. The average molecular weight is 468 g/mol. The monoisotopic (exact) mass is 468 g/mol. The predicted molar refractivity (Wildman–Crippen MR) is 116 cm³/mol. The summed E-state index contributed by atoms with van der Waals surface area (Å²) in [7, 11) is 0. The first-order chi connectivity index (χ1) is 16.4. The molecule has 0 saturated heterocycles. The first kappa shape index (κ1) is 22.8. The maximum atomic E-state index is 12.9. The van der Waals surface area contributed by atoms with E-state index >= 15 is 0 Å². The van der Waals surface area contributed by atoms with Crippen LogP contribution in [0.1, 0.15) is 11.1 Å². The van der Waals surface area contributed by atoms with Crippen molar-refractivity contribution in [1.29, 1.82) is 0 Å². The molecule has 0 aliphatic heterocycles. The van der Waals surface area contributed by atoms with Gasteiger partial charge in [-0.1, -0.05) is 60.7 Å². The van der Waals surface area contributed by atoms with Gasteiger partial charge in [0.1, 0.15) is 12.1 Å². The number of alkyl halides is 3. The van der Waals surface area contributed by atoms with E-state index in [9.17, 15) is 18.0 Å². The van der Waals surface area contributed by atoms with Crippen LogP contribution in [-0.4, -0.2) is 32.1 Å². The number of hydrogen-bond acceptors (Lipinski definition) is 5. The Bertz CT molecular complexity index is 1170. The summed E-state index contributed by atoms with van der Waals surface area (Å²) < 4.78 is 47.5. The molecule has 0 atom stereocenters. The summed E-state index contributed by atoms with van der Waals surface area (Å²) in [6.07, 6.45) is -4.12. The summed E-state index contributed by atoms with van der Waals surface area (Å²) in [5, 5.41) is 4.09. The summed E-state index contributed by atoms with van der Waals surface area (Å²) in [5.41, 5.74) is 2.26. The van der Waals surface area contributed by atoms with E-state index in [1.807, 2.05) is 60.7 Å². The molecule has 34 heavy (non-hydrogen) atoms. The lowest BCUT2D eigenvalue weighted by Crippen LogP contribution is -2.33. The van der Waals surface area contributed by atoms with Crippen molar-refractivity contribution in [2.45, 2.75) is 19.5 Å². The number of ether oxygens (including phenoxy) is 2. The normalized spacial score (nSPS) is 11.1. The minimum Gasteiger partial charge on any atom is -0.406 e. The van der Waals surface area contributed by atoms with Crippen LogP contribution in [0.15, 0.2) is 91.3 Å². The van der Waals surface area contributed by atoms with E-state index in [0.717, 1.165) is 23.3 Å². The molecule has 7 nitrogen and oxygen atoms in total.